The molecule has 0 atom stereocenters. The lowest BCUT2D eigenvalue weighted by molar-refractivity contribution is 0.0600. The molecule has 3 rings (SSSR count). The molecule has 0 amide bonds. The predicted octanol–water partition coefficient (Wildman–Crippen LogP) is 4.36. The van der Waals surface area contributed by atoms with Crippen LogP contribution in [-0.2, 0) is 4.74 Å². The molecule has 0 aliphatic rings. The average molecular weight is 332 g/mol. The van der Waals surface area contributed by atoms with Gasteiger partial charge in [-0.3, -0.25) is 0 Å². The number of benzene rings is 3. The van der Waals surface area contributed by atoms with E-state index < -0.39 is 11.9 Å². The minimum Gasteiger partial charge on any atom is -0.465 e. The van der Waals surface area contributed by atoms with Gasteiger partial charge in [0.15, 0.2) is 0 Å². The number of carbonyl (C=O) groups is 2. The highest BCUT2D eigenvalue weighted by molar-refractivity contribution is 5.96. The van der Waals surface area contributed by atoms with Crippen molar-refractivity contribution in [3.05, 3.63) is 90.0 Å². The van der Waals surface area contributed by atoms with Gasteiger partial charge in [0, 0.05) is 5.56 Å². The molecule has 0 unspecified atom stereocenters. The van der Waals surface area contributed by atoms with Crippen LogP contribution in [0, 0.1) is 0 Å². The molecular weight excluding hydrogens is 316 g/mol. The fourth-order valence-electron chi connectivity index (χ4n) is 2.46. The molecule has 0 bridgehead atoms. The molecule has 25 heavy (non-hydrogen) atoms. The standard InChI is InChI=1S/C21H16O4/c1-24-20(22)16-10-7-11-17(14-16)21(23)25-19-13-6-5-12-18(19)15-8-3-2-4-9-15/h2-14H,1H3. The van der Waals surface area contributed by atoms with Gasteiger partial charge >= 0.3 is 11.9 Å². The molecule has 0 heterocycles. The maximum Gasteiger partial charge on any atom is 0.343 e. The van der Waals surface area contributed by atoms with Gasteiger partial charge in [0.25, 0.3) is 0 Å². The van der Waals surface area contributed by atoms with Crippen LogP contribution in [0.4, 0.5) is 0 Å². The Morgan fingerprint density at radius 3 is 2.08 bits per heavy atom. The van der Waals surface area contributed by atoms with Crippen LogP contribution in [0.15, 0.2) is 78.9 Å². The molecule has 0 spiro atoms. The fraction of sp³-hybridized carbons (Fsp3) is 0.0476. The van der Waals surface area contributed by atoms with E-state index in [1.165, 1.54) is 13.2 Å². The summed E-state index contributed by atoms with van der Waals surface area (Å²) < 4.78 is 10.2. The number of methoxy groups -OCH3 is 1. The van der Waals surface area contributed by atoms with Crippen LogP contribution in [0.1, 0.15) is 20.7 Å². The van der Waals surface area contributed by atoms with Gasteiger partial charge in [-0.1, -0.05) is 54.6 Å². The van der Waals surface area contributed by atoms with E-state index in [1.807, 2.05) is 42.5 Å². The van der Waals surface area contributed by atoms with Gasteiger partial charge in [-0.2, -0.15) is 0 Å². The first-order valence-electron chi connectivity index (χ1n) is 7.74. The van der Waals surface area contributed by atoms with Gasteiger partial charge in [0.1, 0.15) is 5.75 Å². The van der Waals surface area contributed by atoms with Crippen LogP contribution in [0.5, 0.6) is 5.75 Å². The summed E-state index contributed by atoms with van der Waals surface area (Å²) >= 11 is 0. The Balaban J connectivity index is 1.89. The highest BCUT2D eigenvalue weighted by Crippen LogP contribution is 2.30. The summed E-state index contributed by atoms with van der Waals surface area (Å²) in [5.41, 5.74) is 2.36. The minimum absolute atomic E-state index is 0.283. The predicted molar refractivity (Wildman–Crippen MR) is 94.6 cm³/mol. The van der Waals surface area contributed by atoms with Crippen LogP contribution >= 0.6 is 0 Å². The van der Waals surface area contributed by atoms with Crippen LogP contribution in [0.3, 0.4) is 0 Å². The first kappa shape index (κ1) is 16.5. The van der Waals surface area contributed by atoms with Gasteiger partial charge in [0.2, 0.25) is 0 Å². The number of rotatable bonds is 4. The molecule has 124 valence electrons. The Labute approximate surface area is 145 Å². The van der Waals surface area contributed by atoms with Crippen molar-refractivity contribution < 1.29 is 19.1 Å². The Morgan fingerprint density at radius 1 is 0.720 bits per heavy atom. The number of esters is 2. The van der Waals surface area contributed by atoms with E-state index in [1.54, 1.807) is 30.3 Å². The van der Waals surface area contributed by atoms with E-state index in [4.69, 9.17) is 4.74 Å². The molecule has 0 radical (unpaired) electrons. The summed E-state index contributed by atoms with van der Waals surface area (Å²) in [4.78, 5) is 24.1. The zero-order chi connectivity index (χ0) is 17.6. The van der Waals surface area contributed by atoms with Crippen molar-refractivity contribution in [2.45, 2.75) is 0 Å². The minimum atomic E-state index is -0.533. The zero-order valence-electron chi connectivity index (χ0n) is 13.6. The second-order valence-corrected chi connectivity index (χ2v) is 5.32. The molecule has 0 N–H and O–H groups in total. The second-order valence-electron chi connectivity index (χ2n) is 5.32. The number of carbonyl (C=O) groups excluding carboxylic acids is 2. The molecular formula is C21H16O4. The molecule has 0 aliphatic heterocycles. The SMILES string of the molecule is COC(=O)c1cccc(C(=O)Oc2ccccc2-c2ccccc2)c1. The van der Waals surface area contributed by atoms with Gasteiger partial charge in [-0.05, 0) is 29.8 Å². The summed E-state index contributed by atoms with van der Waals surface area (Å²) in [6.45, 7) is 0. The fourth-order valence-corrected chi connectivity index (χ4v) is 2.46. The Hall–Kier alpha value is -3.40. The van der Waals surface area contributed by atoms with Crippen LogP contribution in [-0.4, -0.2) is 19.0 Å². The summed E-state index contributed by atoms with van der Waals surface area (Å²) in [5, 5.41) is 0. The summed E-state index contributed by atoms with van der Waals surface area (Å²) in [7, 11) is 1.30. The van der Waals surface area contributed by atoms with Crippen LogP contribution in [0.25, 0.3) is 11.1 Å². The maximum absolute atomic E-state index is 12.5. The second kappa shape index (κ2) is 7.45. The lowest BCUT2D eigenvalue weighted by Crippen LogP contribution is -2.11. The van der Waals surface area contributed by atoms with Crippen molar-refractivity contribution in [1.82, 2.24) is 0 Å². The number of hydrogen-bond acceptors (Lipinski definition) is 4. The third-order valence-electron chi connectivity index (χ3n) is 3.69. The van der Waals surface area contributed by atoms with Gasteiger partial charge in [-0.25, -0.2) is 9.59 Å². The Bertz CT molecular complexity index is 901. The van der Waals surface area contributed by atoms with Crippen molar-refractivity contribution >= 4 is 11.9 Å². The largest absolute Gasteiger partial charge is 0.465 e. The highest BCUT2D eigenvalue weighted by Gasteiger charge is 2.14. The highest BCUT2D eigenvalue weighted by atomic mass is 16.5. The average Bonchev–Trinajstić information content (AvgIpc) is 2.68. The monoisotopic (exact) mass is 332 g/mol. The Morgan fingerprint density at radius 2 is 1.36 bits per heavy atom. The van der Waals surface area contributed by atoms with Crippen molar-refractivity contribution in [2.75, 3.05) is 7.11 Å². The molecule has 0 saturated heterocycles. The molecule has 3 aromatic rings. The van der Waals surface area contributed by atoms with Crippen LogP contribution in [0.2, 0.25) is 0 Å². The van der Waals surface area contributed by atoms with Crippen molar-refractivity contribution in [1.29, 1.82) is 0 Å². The molecule has 3 aromatic carbocycles. The van der Waals surface area contributed by atoms with E-state index >= 15 is 0 Å². The molecule has 4 nitrogen and oxygen atoms in total. The van der Waals surface area contributed by atoms with Crippen LogP contribution < -0.4 is 4.74 Å². The van der Waals surface area contributed by atoms with Crippen molar-refractivity contribution in [3.8, 4) is 16.9 Å². The normalized spacial score (nSPS) is 10.1. The first-order valence-corrected chi connectivity index (χ1v) is 7.74. The van der Waals surface area contributed by atoms with Crippen molar-refractivity contribution in [2.24, 2.45) is 0 Å². The lowest BCUT2D eigenvalue weighted by atomic mass is 10.0. The summed E-state index contributed by atoms with van der Waals surface area (Å²) in [6.07, 6.45) is 0. The third-order valence-corrected chi connectivity index (χ3v) is 3.69. The van der Waals surface area contributed by atoms with Gasteiger partial charge in [0.05, 0.1) is 18.2 Å². The number of hydrogen-bond donors (Lipinski definition) is 0. The lowest BCUT2D eigenvalue weighted by Gasteiger charge is -2.10. The molecule has 0 saturated carbocycles. The molecule has 0 fully saturated rings. The summed E-state index contributed by atoms with van der Waals surface area (Å²) in [5.74, 6) is -0.573. The quantitative estimate of drug-likeness (QED) is 0.526. The van der Waals surface area contributed by atoms with E-state index in [0.717, 1.165) is 11.1 Å². The Kier molecular flexibility index (Phi) is 4.90. The topological polar surface area (TPSA) is 52.6 Å². The van der Waals surface area contributed by atoms with E-state index in [9.17, 15) is 9.59 Å². The van der Waals surface area contributed by atoms with Crippen molar-refractivity contribution in [3.63, 3.8) is 0 Å². The molecule has 0 aliphatic carbocycles. The third kappa shape index (κ3) is 3.75. The maximum atomic E-state index is 12.5. The van der Waals surface area contributed by atoms with E-state index in [2.05, 4.69) is 4.74 Å². The van der Waals surface area contributed by atoms with E-state index in [0.29, 0.717) is 11.3 Å². The number of para-hydroxylation sites is 1. The van der Waals surface area contributed by atoms with Gasteiger partial charge in [-0.15, -0.1) is 0 Å². The van der Waals surface area contributed by atoms with Gasteiger partial charge < -0.3 is 9.47 Å². The van der Waals surface area contributed by atoms with E-state index in [-0.39, 0.29) is 5.56 Å². The zero-order valence-corrected chi connectivity index (χ0v) is 13.6. The molecule has 4 heteroatoms. The smallest absolute Gasteiger partial charge is 0.343 e. The number of ether oxygens (including phenoxy) is 2. The first-order chi connectivity index (χ1) is 12.2. The summed E-state index contributed by atoms with van der Waals surface area (Å²) in [6, 6.07) is 23.3. The molecule has 0 aromatic heterocycles.